The molecule has 184 valence electrons. The number of aliphatic carboxylic acids is 1. The largest absolute Gasteiger partial charge is 0.481 e. The van der Waals surface area contributed by atoms with Gasteiger partial charge in [0.2, 0.25) is 0 Å². The van der Waals surface area contributed by atoms with Gasteiger partial charge in [-0.2, -0.15) is 0 Å². The quantitative estimate of drug-likeness (QED) is 0.114. The van der Waals surface area contributed by atoms with Gasteiger partial charge in [0.25, 0.3) is 0 Å². The molecule has 2 heteroatoms. The highest BCUT2D eigenvalue weighted by Gasteiger charge is 1.98. The number of unbranched alkanes of at least 4 members (excludes halogenated alkanes) is 20. The lowest BCUT2D eigenvalue weighted by Crippen LogP contribution is -1.93. The van der Waals surface area contributed by atoms with Crippen LogP contribution in [0, 0.1) is 0 Å². The first-order valence-corrected chi connectivity index (χ1v) is 14.0. The lowest BCUT2D eigenvalue weighted by Gasteiger charge is -2.04. The fraction of sp³-hybridized carbons (Fsp3) is 0.897. The fourth-order valence-corrected chi connectivity index (χ4v) is 4.35. The van der Waals surface area contributed by atoms with Gasteiger partial charge in [0.05, 0.1) is 0 Å². The Morgan fingerprint density at radius 2 is 0.903 bits per heavy atom. The molecule has 0 rings (SSSR count). The van der Waals surface area contributed by atoms with Gasteiger partial charge in [-0.05, 0) is 39.0 Å². The van der Waals surface area contributed by atoms with Gasteiger partial charge in [0.1, 0.15) is 0 Å². The summed E-state index contributed by atoms with van der Waals surface area (Å²) in [6, 6.07) is 0. The van der Waals surface area contributed by atoms with Crippen molar-refractivity contribution in [2.24, 2.45) is 0 Å². The summed E-state index contributed by atoms with van der Waals surface area (Å²) in [6.07, 6.45) is 33.7. The Hall–Kier alpha value is -0.790. The first-order valence-electron chi connectivity index (χ1n) is 14.0. The average Bonchev–Trinajstić information content (AvgIpc) is 2.75. The molecule has 0 fully saturated rings. The highest BCUT2D eigenvalue weighted by atomic mass is 16.4. The minimum Gasteiger partial charge on any atom is -0.481 e. The van der Waals surface area contributed by atoms with Crippen LogP contribution in [0.2, 0.25) is 0 Å². The number of carboxylic acids is 1. The van der Waals surface area contributed by atoms with Crippen molar-refractivity contribution in [3.63, 3.8) is 0 Å². The van der Waals surface area contributed by atoms with E-state index in [9.17, 15) is 4.79 Å². The Morgan fingerprint density at radius 1 is 0.548 bits per heavy atom. The molecule has 0 radical (unpaired) electrons. The van der Waals surface area contributed by atoms with Crippen molar-refractivity contribution in [1.29, 1.82) is 0 Å². The van der Waals surface area contributed by atoms with E-state index in [4.69, 9.17) is 5.11 Å². The van der Waals surface area contributed by atoms with E-state index in [1.807, 2.05) is 0 Å². The molecule has 0 aromatic heterocycles. The molecule has 31 heavy (non-hydrogen) atoms. The van der Waals surface area contributed by atoms with Crippen LogP contribution in [0.4, 0.5) is 0 Å². The third-order valence-electron chi connectivity index (χ3n) is 6.51. The highest BCUT2D eigenvalue weighted by molar-refractivity contribution is 5.66. The Labute approximate surface area is 195 Å². The number of carbonyl (C=O) groups is 1. The summed E-state index contributed by atoms with van der Waals surface area (Å²) < 4.78 is 0. The second-order valence-electron chi connectivity index (χ2n) is 9.80. The van der Waals surface area contributed by atoms with Gasteiger partial charge in [-0.1, -0.05) is 134 Å². The van der Waals surface area contributed by atoms with E-state index in [1.165, 1.54) is 135 Å². The van der Waals surface area contributed by atoms with Crippen LogP contribution in [-0.2, 0) is 4.79 Å². The summed E-state index contributed by atoms with van der Waals surface area (Å²) in [5.41, 5.74) is 1.61. The summed E-state index contributed by atoms with van der Waals surface area (Å²) >= 11 is 0. The van der Waals surface area contributed by atoms with Gasteiger partial charge in [0.15, 0.2) is 0 Å². The van der Waals surface area contributed by atoms with Crippen LogP contribution in [-0.4, -0.2) is 11.1 Å². The smallest absolute Gasteiger partial charge is 0.303 e. The van der Waals surface area contributed by atoms with E-state index in [2.05, 4.69) is 19.9 Å². The van der Waals surface area contributed by atoms with Crippen molar-refractivity contribution in [3.05, 3.63) is 11.6 Å². The second-order valence-corrected chi connectivity index (χ2v) is 9.80. The Bertz CT molecular complexity index is 400. The molecular formula is C29H56O2. The monoisotopic (exact) mass is 436 g/mol. The first-order chi connectivity index (χ1) is 15.2. The van der Waals surface area contributed by atoms with Crippen LogP contribution in [0.3, 0.4) is 0 Å². The average molecular weight is 437 g/mol. The summed E-state index contributed by atoms with van der Waals surface area (Å²) in [4.78, 5) is 10.4. The molecule has 0 aliphatic carbocycles. The van der Waals surface area contributed by atoms with E-state index in [0.29, 0.717) is 6.42 Å². The molecule has 1 N–H and O–H groups in total. The van der Waals surface area contributed by atoms with Crippen LogP contribution >= 0.6 is 0 Å². The van der Waals surface area contributed by atoms with Gasteiger partial charge in [-0.15, -0.1) is 0 Å². The topological polar surface area (TPSA) is 37.3 Å². The fourth-order valence-electron chi connectivity index (χ4n) is 4.35. The van der Waals surface area contributed by atoms with E-state index < -0.39 is 5.97 Å². The maximum absolute atomic E-state index is 10.4. The van der Waals surface area contributed by atoms with Crippen molar-refractivity contribution in [3.8, 4) is 0 Å². The maximum Gasteiger partial charge on any atom is 0.303 e. The van der Waals surface area contributed by atoms with Crippen molar-refractivity contribution < 1.29 is 9.90 Å². The van der Waals surface area contributed by atoms with E-state index >= 15 is 0 Å². The molecule has 0 aromatic rings. The third-order valence-corrected chi connectivity index (χ3v) is 6.51. The van der Waals surface area contributed by atoms with Crippen molar-refractivity contribution in [2.75, 3.05) is 0 Å². The van der Waals surface area contributed by atoms with Crippen LogP contribution in [0.15, 0.2) is 11.6 Å². The molecule has 0 aliphatic heterocycles. The Morgan fingerprint density at radius 3 is 1.32 bits per heavy atom. The molecule has 0 saturated carbocycles. The lowest BCUT2D eigenvalue weighted by molar-refractivity contribution is -0.137. The Kier molecular flexibility index (Phi) is 24.8. The van der Waals surface area contributed by atoms with Crippen LogP contribution in [0.5, 0.6) is 0 Å². The molecule has 0 aliphatic rings. The minimum atomic E-state index is -0.654. The van der Waals surface area contributed by atoms with Gasteiger partial charge < -0.3 is 5.11 Å². The second kappa shape index (κ2) is 25.5. The summed E-state index contributed by atoms with van der Waals surface area (Å²) in [7, 11) is 0. The number of carboxylic acid groups (broad SMARTS) is 1. The molecule has 0 atom stereocenters. The zero-order valence-corrected chi connectivity index (χ0v) is 21.4. The van der Waals surface area contributed by atoms with E-state index in [0.717, 1.165) is 12.8 Å². The molecule has 0 saturated heterocycles. The predicted molar refractivity (Wildman–Crippen MR) is 138 cm³/mol. The Balaban J connectivity index is 3.24. The van der Waals surface area contributed by atoms with E-state index in [1.54, 1.807) is 5.57 Å². The standard InChI is InChI=1S/C29H56O2/c1-3-4-5-6-7-8-9-10-13-16-19-22-25-28(2)26-23-20-17-14-11-12-15-18-21-24-27-29(30)31/h25H,3-24,26-27H2,1-2H3,(H,30,31). The molecule has 0 unspecified atom stereocenters. The minimum absolute atomic E-state index is 0.340. The summed E-state index contributed by atoms with van der Waals surface area (Å²) in [5, 5.41) is 8.61. The molecule has 0 spiro atoms. The van der Waals surface area contributed by atoms with Gasteiger partial charge >= 0.3 is 5.97 Å². The number of allylic oxidation sites excluding steroid dienone is 2. The highest BCUT2D eigenvalue weighted by Crippen LogP contribution is 2.16. The summed E-state index contributed by atoms with van der Waals surface area (Å²) in [6.45, 7) is 4.61. The van der Waals surface area contributed by atoms with Gasteiger partial charge in [-0.25, -0.2) is 0 Å². The number of hydrogen-bond acceptors (Lipinski definition) is 1. The van der Waals surface area contributed by atoms with Crippen molar-refractivity contribution in [2.45, 2.75) is 168 Å². The molecular weight excluding hydrogens is 380 g/mol. The molecule has 0 aromatic carbocycles. The van der Waals surface area contributed by atoms with Crippen LogP contribution in [0.1, 0.15) is 168 Å². The van der Waals surface area contributed by atoms with Gasteiger partial charge in [0, 0.05) is 6.42 Å². The molecule has 0 heterocycles. The van der Waals surface area contributed by atoms with Crippen LogP contribution in [0.25, 0.3) is 0 Å². The van der Waals surface area contributed by atoms with Gasteiger partial charge in [-0.3, -0.25) is 4.79 Å². The zero-order chi connectivity index (χ0) is 22.8. The maximum atomic E-state index is 10.4. The van der Waals surface area contributed by atoms with Crippen molar-refractivity contribution in [1.82, 2.24) is 0 Å². The van der Waals surface area contributed by atoms with E-state index in [-0.39, 0.29) is 0 Å². The van der Waals surface area contributed by atoms with Crippen molar-refractivity contribution >= 4 is 5.97 Å². The number of hydrogen-bond donors (Lipinski definition) is 1. The normalized spacial score (nSPS) is 11.9. The van der Waals surface area contributed by atoms with Crippen LogP contribution < -0.4 is 0 Å². The molecule has 0 amide bonds. The molecule has 0 bridgehead atoms. The predicted octanol–water partition coefficient (Wildman–Crippen LogP) is 10.4. The SMILES string of the molecule is CCCCCCCCCCCCCC=C(C)CCCCCCCCCCCCC(=O)O. The molecule has 2 nitrogen and oxygen atoms in total. The number of rotatable bonds is 25. The third kappa shape index (κ3) is 27.2. The zero-order valence-electron chi connectivity index (χ0n) is 21.4. The summed E-state index contributed by atoms with van der Waals surface area (Å²) in [5.74, 6) is -0.654. The lowest BCUT2D eigenvalue weighted by atomic mass is 10.0. The first kappa shape index (κ1) is 30.2.